The normalized spacial score (nSPS) is 13.6. The zero-order valence-electron chi connectivity index (χ0n) is 18.1. The van der Waals surface area contributed by atoms with Crippen molar-refractivity contribution in [3.63, 3.8) is 0 Å². The first-order valence-corrected chi connectivity index (χ1v) is 10.8. The summed E-state index contributed by atoms with van der Waals surface area (Å²) in [7, 11) is 0. The lowest BCUT2D eigenvalue weighted by Crippen LogP contribution is -2.14. The van der Waals surface area contributed by atoms with E-state index in [1.165, 1.54) is 0 Å². The van der Waals surface area contributed by atoms with Gasteiger partial charge in [-0.2, -0.15) is 10.2 Å². The number of aromatic nitrogens is 5. The van der Waals surface area contributed by atoms with Gasteiger partial charge in [-0.15, -0.1) is 0 Å². The Balaban J connectivity index is 1.57. The van der Waals surface area contributed by atoms with Gasteiger partial charge in [0.15, 0.2) is 11.5 Å². The van der Waals surface area contributed by atoms with E-state index in [0.29, 0.717) is 23.8 Å². The van der Waals surface area contributed by atoms with Gasteiger partial charge < -0.3 is 5.32 Å². The molecule has 3 heterocycles. The number of rotatable bonds is 6. The average molecular weight is 415 g/mol. The minimum Gasteiger partial charge on any atom is -0.305 e. The monoisotopic (exact) mass is 414 g/mol. The van der Waals surface area contributed by atoms with E-state index in [-0.39, 0.29) is 5.91 Å². The number of carbonyl (C=O) groups excluding carboxylic acids is 1. The Labute approximate surface area is 181 Å². The molecule has 0 bridgehead atoms. The number of fused-ring (bicyclic) bond motifs is 1. The molecule has 4 aromatic rings. The van der Waals surface area contributed by atoms with E-state index in [1.54, 1.807) is 0 Å². The largest absolute Gasteiger partial charge is 0.305 e. The molecule has 0 unspecified atom stereocenters. The number of nitrogens with one attached hydrogen (secondary N) is 1. The predicted octanol–water partition coefficient (Wildman–Crippen LogP) is 4.44. The van der Waals surface area contributed by atoms with Crippen LogP contribution in [0, 0.1) is 13.8 Å². The summed E-state index contributed by atoms with van der Waals surface area (Å²) < 4.78 is 3.79. The zero-order chi connectivity index (χ0) is 21.5. The average Bonchev–Trinajstić information content (AvgIpc) is 3.49. The molecule has 1 fully saturated rings. The number of pyridine rings is 1. The topological polar surface area (TPSA) is 77.6 Å². The van der Waals surface area contributed by atoms with Crippen LogP contribution in [0.5, 0.6) is 0 Å². The highest BCUT2D eigenvalue weighted by atomic mass is 16.1. The maximum Gasteiger partial charge on any atom is 0.257 e. The molecule has 0 saturated heterocycles. The summed E-state index contributed by atoms with van der Waals surface area (Å²) in [4.78, 5) is 18.3. The van der Waals surface area contributed by atoms with E-state index in [9.17, 15) is 4.79 Å². The number of hydrogen-bond acceptors (Lipinski definition) is 4. The van der Waals surface area contributed by atoms with Crippen molar-refractivity contribution in [2.24, 2.45) is 0 Å². The Morgan fingerprint density at radius 2 is 1.87 bits per heavy atom. The molecule has 7 nitrogen and oxygen atoms in total. The standard InChI is InChI=1S/C24H26N6O/c1-4-29-15(2)12-21(28-29)26-24(31)19-13-20(18-10-11-18)25-23-22(19)16(3)27-30(23)14-17-8-6-5-7-9-17/h5-9,12-13,18H,4,10-11,14H2,1-3H3,(H,26,28,31). The van der Waals surface area contributed by atoms with Gasteiger partial charge in [0.05, 0.1) is 23.2 Å². The van der Waals surface area contributed by atoms with Crippen molar-refractivity contribution in [1.29, 1.82) is 0 Å². The third-order valence-electron chi connectivity index (χ3n) is 5.83. The third kappa shape index (κ3) is 3.71. The number of aryl methyl sites for hydroxylation is 3. The fourth-order valence-corrected chi connectivity index (χ4v) is 4.08. The Morgan fingerprint density at radius 1 is 1.10 bits per heavy atom. The van der Waals surface area contributed by atoms with E-state index in [0.717, 1.165) is 53.1 Å². The molecule has 0 atom stereocenters. The first-order valence-electron chi connectivity index (χ1n) is 10.8. The zero-order valence-corrected chi connectivity index (χ0v) is 18.1. The van der Waals surface area contributed by atoms with E-state index in [4.69, 9.17) is 10.1 Å². The molecule has 1 aliphatic carbocycles. The van der Waals surface area contributed by atoms with Crippen molar-refractivity contribution in [2.75, 3.05) is 5.32 Å². The first-order chi connectivity index (χ1) is 15.0. The maximum atomic E-state index is 13.3. The smallest absolute Gasteiger partial charge is 0.257 e. The number of amides is 1. The summed E-state index contributed by atoms with van der Waals surface area (Å²) in [6.07, 6.45) is 2.23. The lowest BCUT2D eigenvalue weighted by Gasteiger charge is -2.09. The van der Waals surface area contributed by atoms with Crippen LogP contribution in [-0.2, 0) is 13.1 Å². The van der Waals surface area contributed by atoms with Gasteiger partial charge in [-0.1, -0.05) is 30.3 Å². The van der Waals surface area contributed by atoms with Crippen LogP contribution in [0.2, 0.25) is 0 Å². The Hall–Kier alpha value is -3.48. The molecule has 5 rings (SSSR count). The van der Waals surface area contributed by atoms with Crippen LogP contribution in [0.15, 0.2) is 42.5 Å². The summed E-state index contributed by atoms with van der Waals surface area (Å²) in [5.41, 5.74) is 5.34. The number of benzene rings is 1. The van der Waals surface area contributed by atoms with Crippen molar-refractivity contribution in [2.45, 2.75) is 52.6 Å². The quantitative estimate of drug-likeness (QED) is 0.506. The lowest BCUT2D eigenvalue weighted by atomic mass is 10.1. The maximum absolute atomic E-state index is 13.3. The minimum atomic E-state index is -0.169. The van der Waals surface area contributed by atoms with E-state index in [2.05, 4.69) is 22.5 Å². The third-order valence-corrected chi connectivity index (χ3v) is 5.83. The summed E-state index contributed by atoms with van der Waals surface area (Å²) >= 11 is 0. The molecule has 1 amide bonds. The second-order valence-corrected chi connectivity index (χ2v) is 8.24. The molecule has 1 aliphatic rings. The van der Waals surface area contributed by atoms with Crippen LogP contribution in [0.25, 0.3) is 11.0 Å². The summed E-state index contributed by atoms with van der Waals surface area (Å²) in [6, 6.07) is 14.0. The van der Waals surface area contributed by atoms with Crippen LogP contribution in [-0.4, -0.2) is 30.5 Å². The molecule has 0 radical (unpaired) electrons. The Bertz CT molecular complexity index is 1270. The van der Waals surface area contributed by atoms with Crippen LogP contribution in [0.1, 0.15) is 58.7 Å². The molecule has 0 aliphatic heterocycles. The van der Waals surface area contributed by atoms with Gasteiger partial charge in [-0.25, -0.2) is 9.67 Å². The lowest BCUT2D eigenvalue weighted by molar-refractivity contribution is 0.102. The van der Waals surface area contributed by atoms with Crippen molar-refractivity contribution < 1.29 is 4.79 Å². The molecule has 1 N–H and O–H groups in total. The number of nitrogens with zero attached hydrogens (tertiary/aromatic N) is 5. The van der Waals surface area contributed by atoms with Gasteiger partial charge in [0.1, 0.15) is 0 Å². The predicted molar refractivity (Wildman–Crippen MR) is 120 cm³/mol. The number of hydrogen-bond donors (Lipinski definition) is 1. The van der Waals surface area contributed by atoms with Gasteiger partial charge >= 0.3 is 0 Å². The second kappa shape index (κ2) is 7.65. The van der Waals surface area contributed by atoms with Crippen molar-refractivity contribution >= 4 is 22.8 Å². The molecule has 7 heteroatoms. The van der Waals surface area contributed by atoms with Crippen LogP contribution in [0.3, 0.4) is 0 Å². The van der Waals surface area contributed by atoms with E-state index in [1.807, 2.05) is 60.5 Å². The fraction of sp³-hybridized carbons (Fsp3) is 0.333. The van der Waals surface area contributed by atoms with Gasteiger partial charge in [0, 0.05) is 29.9 Å². The number of carbonyl (C=O) groups is 1. The molecule has 3 aromatic heterocycles. The molecule has 0 spiro atoms. The van der Waals surface area contributed by atoms with Crippen LogP contribution in [0.4, 0.5) is 5.82 Å². The van der Waals surface area contributed by atoms with Gasteiger partial charge in [-0.05, 0) is 45.2 Å². The molecule has 1 aromatic carbocycles. The fourth-order valence-electron chi connectivity index (χ4n) is 4.08. The van der Waals surface area contributed by atoms with Crippen molar-refractivity contribution in [3.8, 4) is 0 Å². The number of anilines is 1. The Kier molecular flexibility index (Phi) is 4.81. The van der Waals surface area contributed by atoms with E-state index >= 15 is 0 Å². The van der Waals surface area contributed by atoms with E-state index < -0.39 is 0 Å². The molecule has 1 saturated carbocycles. The second-order valence-electron chi connectivity index (χ2n) is 8.24. The van der Waals surface area contributed by atoms with Gasteiger partial charge in [0.2, 0.25) is 0 Å². The van der Waals surface area contributed by atoms with Gasteiger partial charge in [-0.3, -0.25) is 9.48 Å². The summed E-state index contributed by atoms with van der Waals surface area (Å²) in [6.45, 7) is 7.34. The Morgan fingerprint density at radius 3 is 2.55 bits per heavy atom. The minimum absolute atomic E-state index is 0.169. The van der Waals surface area contributed by atoms with Crippen LogP contribution < -0.4 is 5.32 Å². The highest BCUT2D eigenvalue weighted by molar-refractivity contribution is 6.12. The first kappa shape index (κ1) is 19.5. The summed E-state index contributed by atoms with van der Waals surface area (Å²) in [5, 5.41) is 13.0. The van der Waals surface area contributed by atoms with Crippen molar-refractivity contribution in [3.05, 3.63) is 70.7 Å². The SMILES string of the molecule is CCn1nc(NC(=O)c2cc(C3CC3)nc3c2c(C)nn3Cc2ccccc2)cc1C. The van der Waals surface area contributed by atoms with Crippen LogP contribution >= 0.6 is 0 Å². The van der Waals surface area contributed by atoms with Gasteiger partial charge in [0.25, 0.3) is 5.91 Å². The highest BCUT2D eigenvalue weighted by Gasteiger charge is 2.29. The molecule has 31 heavy (non-hydrogen) atoms. The molecule has 158 valence electrons. The summed E-state index contributed by atoms with van der Waals surface area (Å²) in [5.74, 6) is 0.826. The molecular formula is C24H26N6O. The highest BCUT2D eigenvalue weighted by Crippen LogP contribution is 2.40. The van der Waals surface area contributed by atoms with Crippen molar-refractivity contribution in [1.82, 2.24) is 24.5 Å². The molecular weight excluding hydrogens is 388 g/mol.